The van der Waals surface area contributed by atoms with Crippen molar-refractivity contribution in [1.29, 1.82) is 0 Å². The molecule has 45 heteroatoms. The highest BCUT2D eigenvalue weighted by Gasteiger charge is 2.46. The van der Waals surface area contributed by atoms with Gasteiger partial charge in [0.1, 0.15) is 0 Å². The van der Waals surface area contributed by atoms with Crippen molar-refractivity contribution < 1.29 is 109 Å². The van der Waals surface area contributed by atoms with Crippen LogP contribution in [0.1, 0.15) is 131 Å². The van der Waals surface area contributed by atoms with E-state index in [-0.39, 0.29) is 23.9 Å². The van der Waals surface area contributed by atoms with Crippen LogP contribution in [0.5, 0.6) is 0 Å². The number of hydrogen-bond acceptors (Lipinski definition) is 21. The zero-order chi connectivity index (χ0) is 100. The molecule has 1 N–H and O–H groups in total. The number of sulfonamides is 1. The quantitative estimate of drug-likeness (QED) is 0.0529. The molecule has 138 heavy (non-hydrogen) atoms. The molecule has 6 amide bonds. The lowest BCUT2D eigenvalue weighted by molar-refractivity contribution is -0.200. The van der Waals surface area contributed by atoms with Gasteiger partial charge in [0, 0.05) is 265 Å². The van der Waals surface area contributed by atoms with Gasteiger partial charge >= 0.3 is 49.1 Å². The molecule has 0 spiro atoms. The van der Waals surface area contributed by atoms with Gasteiger partial charge in [-0.25, -0.2) is 32.3 Å². The Bertz CT molecular complexity index is 5050. The molecule has 1 aromatic heterocycles. The minimum absolute atomic E-state index is 0.0633. The fraction of sp³-hybridized carbons (Fsp3) is 0.645. The molecule has 29 nitrogen and oxygen atoms in total. The first-order chi connectivity index (χ1) is 65.1. The maximum Gasteiger partial charge on any atom is 0.425 e. The van der Waals surface area contributed by atoms with E-state index in [1.54, 1.807) is 0 Å². The maximum atomic E-state index is 12.8. The molecule has 0 aliphatic carbocycles. The minimum Gasteiger partial charge on any atom is -0.437 e. The number of piperazine rings is 4. The number of hydrogen-bond donors (Lipinski definition) is 1. The fourth-order valence-electron chi connectivity index (χ4n) is 18.9. The molecule has 5 atom stereocenters. The van der Waals surface area contributed by atoms with Crippen LogP contribution in [0.4, 0.5) is 94.6 Å². The summed E-state index contributed by atoms with van der Waals surface area (Å²) >= 11 is 18.9. The highest BCUT2D eigenvalue weighted by atomic mass is 35.5. The van der Waals surface area contributed by atoms with Crippen molar-refractivity contribution in [3.63, 3.8) is 0 Å². The van der Waals surface area contributed by atoms with Gasteiger partial charge in [-0.2, -0.15) is 57.8 Å². The van der Waals surface area contributed by atoms with Crippen LogP contribution in [0.15, 0.2) is 78.9 Å². The number of likely N-dealkylation sites (tertiary alicyclic amines) is 2. The summed E-state index contributed by atoms with van der Waals surface area (Å²) < 4.78 is 198. The van der Waals surface area contributed by atoms with E-state index in [0.717, 1.165) is 213 Å². The zero-order valence-corrected chi connectivity index (χ0v) is 82.1. The molecule has 10 aliphatic rings. The number of ether oxygens (including phenoxy) is 4. The topological polar surface area (TPSA) is 249 Å². The number of piperidine rings is 2. The van der Waals surface area contributed by atoms with Crippen LogP contribution >= 0.6 is 34.8 Å². The van der Waals surface area contributed by atoms with E-state index < -0.39 is 83.5 Å². The average molecular weight is 2040 g/mol. The predicted octanol–water partition coefficient (Wildman–Crippen LogP) is 15.3. The van der Waals surface area contributed by atoms with Crippen LogP contribution in [0, 0.1) is 26.7 Å². The van der Waals surface area contributed by atoms with Gasteiger partial charge in [-0.15, -0.1) is 0 Å². The van der Waals surface area contributed by atoms with Crippen LogP contribution in [-0.2, 0) is 64.7 Å². The van der Waals surface area contributed by atoms with Crippen LogP contribution in [-0.4, -0.2) is 348 Å². The SMILES string of the molecule is CC(OC(=O)N1CCN(Cc2ccc(Cl)cc2N2CCC(C(=O)N3CCCC3)CC2)CC1)C(F)(F)F.CC(OC(=O)N1CCN(Cc2ccc(Cl)cc2N2CC[C@@H](N3CCCC3=O)C2)CC1)C(F)(F)F.Cc1cc(C)n(C2CN(c3cc(Cl)ccc3CN3CCN(C(=O)OC(C)C(F)(F)F)CC3)C2)n1.Cc1cccc(CN2CCN(C(=O)OC(C)C(F)(F)F)CC2)c1N1CCC(NS(C)(=O)=O)CC1. The number of para-hydroxylation sites is 1. The molecular weight excluding hydrogens is 1910 g/mol. The molecule has 766 valence electrons. The van der Waals surface area contributed by atoms with Gasteiger partial charge in [-0.05, 0) is 170 Å². The van der Waals surface area contributed by atoms with E-state index in [1.807, 2.05) is 77.4 Å². The van der Waals surface area contributed by atoms with E-state index in [0.29, 0.717) is 164 Å². The summed E-state index contributed by atoms with van der Waals surface area (Å²) in [5.41, 5.74) is 12.1. The first-order valence-corrected chi connectivity index (χ1v) is 50.1. The van der Waals surface area contributed by atoms with Crippen molar-refractivity contribution in [3.8, 4) is 0 Å². The minimum atomic E-state index is -4.58. The Hall–Kier alpha value is -8.91. The smallest absolute Gasteiger partial charge is 0.425 e. The van der Waals surface area contributed by atoms with Gasteiger partial charge in [-0.1, -0.05) is 71.2 Å². The number of nitrogens with one attached hydrogen (secondary N) is 1. The molecular formula is C93H126Cl3F12N17O12S. The third-order valence-corrected chi connectivity index (χ3v) is 28.4. The Balaban J connectivity index is 0.000000165. The lowest BCUT2D eigenvalue weighted by Crippen LogP contribution is -2.50. The molecule has 4 aromatic carbocycles. The monoisotopic (exact) mass is 2040 g/mol. The molecule has 11 heterocycles. The number of alkyl halides is 12. The number of benzene rings is 4. The Labute approximate surface area is 813 Å². The second-order valence-electron chi connectivity index (χ2n) is 37.2. The summed E-state index contributed by atoms with van der Waals surface area (Å²) in [6.45, 7) is 27.7. The summed E-state index contributed by atoms with van der Waals surface area (Å²) in [4.78, 5) is 100. The van der Waals surface area contributed by atoms with Crippen LogP contribution < -0.4 is 24.3 Å². The lowest BCUT2D eigenvalue weighted by Gasteiger charge is -2.43. The Morgan fingerprint density at radius 1 is 0.420 bits per heavy atom. The highest BCUT2D eigenvalue weighted by molar-refractivity contribution is 7.88. The van der Waals surface area contributed by atoms with Gasteiger partial charge in [-0.3, -0.25) is 33.9 Å². The van der Waals surface area contributed by atoms with E-state index >= 15 is 0 Å². The first kappa shape index (κ1) is 108. The van der Waals surface area contributed by atoms with Crippen LogP contribution in [0.3, 0.4) is 0 Å². The summed E-state index contributed by atoms with van der Waals surface area (Å²) in [5, 5.41) is 6.56. The number of aryl methyl sites for hydroxylation is 3. The van der Waals surface area contributed by atoms with Crippen LogP contribution in [0.2, 0.25) is 15.1 Å². The molecule has 10 fully saturated rings. The molecule has 15 rings (SSSR count). The molecule has 0 bridgehead atoms. The second-order valence-corrected chi connectivity index (χ2v) is 40.3. The molecule has 0 radical (unpaired) electrons. The number of carbonyl (C=O) groups excluding carboxylic acids is 6. The molecule has 5 aromatic rings. The Morgan fingerprint density at radius 2 is 0.783 bits per heavy atom. The third-order valence-electron chi connectivity index (χ3n) is 27.0. The summed E-state index contributed by atoms with van der Waals surface area (Å²) in [5.74, 6) is 0.605. The largest absolute Gasteiger partial charge is 0.437 e. The van der Waals surface area contributed by atoms with Crippen molar-refractivity contribution in [2.45, 2.75) is 200 Å². The summed E-state index contributed by atoms with van der Waals surface area (Å²) in [6.07, 6.45) is -21.6. The summed E-state index contributed by atoms with van der Waals surface area (Å²) in [7, 11) is -3.23. The first-order valence-electron chi connectivity index (χ1n) is 47.1. The van der Waals surface area contributed by atoms with Gasteiger partial charge in [0.15, 0.2) is 24.4 Å². The van der Waals surface area contributed by atoms with E-state index in [9.17, 15) is 89.9 Å². The highest BCUT2D eigenvalue weighted by Crippen LogP contribution is 2.39. The Kier molecular flexibility index (Phi) is 37.0. The standard InChI is InChI=1S/C25H34ClF3N4O3.C23H29ClF3N5O2.C23H30ClF3N4O3.C22H33F3N4O4S/c1-18(25(27,28)29)36-24(35)33-14-12-30(13-15-33)17-20-4-5-21(26)16-22(20)31-10-6-19(7-11-31)23(34)32-8-2-3-9-32;1-15-10-16(2)32(28-15)20-13-31(14-20)21-11-19(24)5-4-18(21)12-29-6-8-30(9-7-29)22(33)34-17(3)23(25,26)27;1-16(23(25,26)27)34-22(33)29-11-9-28(10-12-29)14-17-4-5-18(24)13-20(17)30-8-6-19(15-30)31-7-2-3-21(31)32;1-16-5-4-6-18(20(16)28-9-7-19(8-10-28)26-34(3,31)32)15-27-11-13-29(14-12-27)21(30)33-17(2)22(23,24)25/h4-5,16,18-19H,2-3,6-15,17H2,1H3;4-5,10-11,17,20H,6-9,12-14H2,1-3H3;4-5,13,16,19H,2-3,6-12,14-15H2,1H3;4-6,17,19,26H,7-15H2,1-3H3/t;;16?,19-;/m..1./s1. The van der Waals surface area contributed by atoms with Gasteiger partial charge in [0.05, 0.1) is 24.0 Å². The number of aromatic nitrogens is 2. The van der Waals surface area contributed by atoms with Gasteiger partial charge in [0.25, 0.3) is 0 Å². The normalized spacial score (nSPS) is 20.7. The summed E-state index contributed by atoms with van der Waals surface area (Å²) in [6, 6.07) is 26.1. The molecule has 10 aliphatic heterocycles. The third kappa shape index (κ3) is 30.1. The number of amides is 6. The van der Waals surface area contributed by atoms with Crippen molar-refractivity contribution in [2.24, 2.45) is 5.92 Å². The van der Waals surface area contributed by atoms with Crippen molar-refractivity contribution in [2.75, 3.05) is 203 Å². The Morgan fingerprint density at radius 3 is 1.14 bits per heavy atom. The number of carbonyl (C=O) groups is 6. The van der Waals surface area contributed by atoms with Crippen molar-refractivity contribution in [1.82, 2.24) is 63.5 Å². The van der Waals surface area contributed by atoms with E-state index in [2.05, 4.69) is 105 Å². The van der Waals surface area contributed by atoms with Crippen molar-refractivity contribution in [3.05, 3.63) is 133 Å². The second kappa shape index (κ2) is 47.3. The van der Waals surface area contributed by atoms with E-state index in [4.69, 9.17) is 34.8 Å². The number of nitrogens with zero attached hydrogens (tertiary/aromatic N) is 16. The maximum absolute atomic E-state index is 12.8. The average Bonchev–Trinajstić information content (AvgIpc) is 1.44. The number of rotatable bonds is 21. The number of halogens is 15. The van der Waals surface area contributed by atoms with E-state index in [1.165, 1.54) is 25.9 Å². The van der Waals surface area contributed by atoms with Gasteiger partial charge in [0.2, 0.25) is 21.8 Å². The predicted molar refractivity (Wildman–Crippen MR) is 499 cm³/mol. The molecule has 10 saturated heterocycles. The van der Waals surface area contributed by atoms with Crippen LogP contribution in [0.25, 0.3) is 0 Å². The number of anilines is 4. The molecule has 0 saturated carbocycles. The lowest BCUT2D eigenvalue weighted by atomic mass is 9.94. The molecule has 4 unspecified atom stereocenters. The fourth-order valence-corrected chi connectivity index (χ4v) is 20.2. The van der Waals surface area contributed by atoms with Gasteiger partial charge < -0.3 is 67.9 Å². The van der Waals surface area contributed by atoms with Crippen molar-refractivity contribution >= 4 is 104 Å². The zero-order valence-electron chi connectivity index (χ0n) is 79.0.